The van der Waals surface area contributed by atoms with E-state index >= 15 is 0 Å². The summed E-state index contributed by atoms with van der Waals surface area (Å²) in [6.07, 6.45) is 1.78. The Hall–Kier alpha value is -1.68. The van der Waals surface area contributed by atoms with E-state index in [-0.39, 0.29) is 29.4 Å². The van der Waals surface area contributed by atoms with E-state index in [0.29, 0.717) is 54.7 Å². The lowest BCUT2D eigenvalue weighted by molar-refractivity contribution is 0.171. The van der Waals surface area contributed by atoms with E-state index in [2.05, 4.69) is 41.4 Å². The van der Waals surface area contributed by atoms with Crippen molar-refractivity contribution in [3.63, 3.8) is 0 Å². The summed E-state index contributed by atoms with van der Waals surface area (Å²) >= 11 is 6.30. The molecular formula is C20H28ClIN4O3. The molecule has 3 rings (SSSR count). The second-order valence-corrected chi connectivity index (χ2v) is 7.93. The molecule has 1 aliphatic heterocycles. The van der Waals surface area contributed by atoms with Crippen LogP contribution in [0.5, 0.6) is 11.5 Å². The molecular weight excluding hydrogens is 507 g/mol. The van der Waals surface area contributed by atoms with E-state index in [4.69, 9.17) is 25.5 Å². The first-order chi connectivity index (χ1) is 13.4. The second kappa shape index (κ2) is 10.4. The van der Waals surface area contributed by atoms with Crippen molar-refractivity contribution in [3.05, 3.63) is 40.6 Å². The van der Waals surface area contributed by atoms with Gasteiger partial charge >= 0.3 is 0 Å². The van der Waals surface area contributed by atoms with Crippen LogP contribution in [-0.2, 0) is 18.5 Å². The van der Waals surface area contributed by atoms with Crippen LogP contribution in [0, 0.1) is 0 Å². The lowest BCUT2D eigenvalue weighted by Crippen LogP contribution is -2.36. The molecule has 0 bridgehead atoms. The Balaban J connectivity index is 0.00000300. The number of aliphatic imine (C=N–C) groups is 1. The Labute approximate surface area is 193 Å². The maximum Gasteiger partial charge on any atom is 0.213 e. The number of ether oxygens (including phenoxy) is 2. The summed E-state index contributed by atoms with van der Waals surface area (Å²) in [7, 11) is 0. The molecule has 160 valence electrons. The number of fused-ring (bicyclic) bond motifs is 1. The monoisotopic (exact) mass is 534 g/mol. The summed E-state index contributed by atoms with van der Waals surface area (Å²) in [5, 5.41) is 7.00. The number of aromatic nitrogens is 1. The molecule has 1 aliphatic rings. The molecule has 2 N–H and O–H groups in total. The predicted molar refractivity (Wildman–Crippen MR) is 125 cm³/mol. The van der Waals surface area contributed by atoms with Gasteiger partial charge in [-0.25, -0.2) is 9.98 Å². The number of benzene rings is 1. The summed E-state index contributed by atoms with van der Waals surface area (Å²) in [4.78, 5) is 8.95. The summed E-state index contributed by atoms with van der Waals surface area (Å²) in [5.74, 6) is 3.42. The maximum atomic E-state index is 6.30. The van der Waals surface area contributed by atoms with E-state index in [1.807, 2.05) is 19.1 Å². The van der Waals surface area contributed by atoms with Crippen molar-refractivity contribution in [3.8, 4) is 11.5 Å². The Bertz CT molecular complexity index is 849. The van der Waals surface area contributed by atoms with Gasteiger partial charge in [0.15, 0.2) is 17.5 Å². The molecule has 0 fully saturated rings. The normalized spacial score (nSPS) is 13.6. The molecule has 0 saturated heterocycles. The Morgan fingerprint density at radius 1 is 1.21 bits per heavy atom. The van der Waals surface area contributed by atoms with Crippen LogP contribution in [0.3, 0.4) is 0 Å². The molecule has 29 heavy (non-hydrogen) atoms. The largest absolute Gasteiger partial charge is 0.486 e. The number of nitrogens with zero attached hydrogens (tertiary/aromatic N) is 2. The van der Waals surface area contributed by atoms with Crippen molar-refractivity contribution in [2.45, 2.75) is 46.2 Å². The van der Waals surface area contributed by atoms with Crippen molar-refractivity contribution in [1.82, 2.24) is 15.6 Å². The fraction of sp³-hybridized carbons (Fsp3) is 0.500. The molecule has 0 radical (unpaired) electrons. The molecule has 2 heterocycles. The molecule has 0 saturated carbocycles. The van der Waals surface area contributed by atoms with E-state index < -0.39 is 0 Å². The minimum Gasteiger partial charge on any atom is -0.486 e. The minimum absolute atomic E-state index is 0. The highest BCUT2D eigenvalue weighted by Gasteiger charge is 2.19. The highest BCUT2D eigenvalue weighted by Crippen LogP contribution is 2.38. The number of rotatable bonds is 5. The maximum absolute atomic E-state index is 6.30. The minimum atomic E-state index is -0.0681. The highest BCUT2D eigenvalue weighted by molar-refractivity contribution is 14.0. The van der Waals surface area contributed by atoms with Crippen LogP contribution in [0.25, 0.3) is 0 Å². The van der Waals surface area contributed by atoms with E-state index in [0.717, 1.165) is 17.9 Å². The predicted octanol–water partition coefficient (Wildman–Crippen LogP) is 4.27. The quantitative estimate of drug-likeness (QED) is 0.339. The molecule has 1 aromatic heterocycles. The van der Waals surface area contributed by atoms with Crippen LogP contribution in [0.4, 0.5) is 0 Å². The van der Waals surface area contributed by atoms with Crippen molar-refractivity contribution in [1.29, 1.82) is 0 Å². The third kappa shape index (κ3) is 6.40. The summed E-state index contributed by atoms with van der Waals surface area (Å²) in [6, 6.07) is 3.77. The van der Waals surface area contributed by atoms with Gasteiger partial charge in [-0.2, -0.15) is 0 Å². The van der Waals surface area contributed by atoms with Crippen LogP contribution < -0.4 is 20.1 Å². The second-order valence-electron chi connectivity index (χ2n) is 7.52. The third-order valence-corrected chi connectivity index (χ3v) is 4.40. The summed E-state index contributed by atoms with van der Waals surface area (Å²) < 4.78 is 17.0. The molecule has 0 spiro atoms. The van der Waals surface area contributed by atoms with Crippen molar-refractivity contribution in [2.75, 3.05) is 19.8 Å². The molecule has 0 amide bonds. The van der Waals surface area contributed by atoms with Gasteiger partial charge in [0.05, 0.1) is 24.3 Å². The van der Waals surface area contributed by atoms with Crippen molar-refractivity contribution >= 4 is 41.5 Å². The molecule has 7 nitrogen and oxygen atoms in total. The van der Waals surface area contributed by atoms with Crippen molar-refractivity contribution < 1.29 is 13.9 Å². The van der Waals surface area contributed by atoms with Crippen LogP contribution in [-0.4, -0.2) is 30.7 Å². The van der Waals surface area contributed by atoms with E-state index in [1.165, 1.54) is 0 Å². The number of halogens is 2. The van der Waals surface area contributed by atoms with Gasteiger partial charge in [0.1, 0.15) is 19.0 Å². The van der Waals surface area contributed by atoms with Crippen LogP contribution >= 0.6 is 35.6 Å². The topological polar surface area (TPSA) is 80.9 Å². The van der Waals surface area contributed by atoms with Gasteiger partial charge in [0, 0.05) is 12.0 Å². The van der Waals surface area contributed by atoms with Gasteiger partial charge in [-0.15, -0.1) is 24.0 Å². The average Bonchev–Trinajstić information content (AvgIpc) is 3.14. The SMILES string of the molecule is CCNC(=NCc1cc(Cl)c2c(c1)OCCO2)NCc1ncc(C(C)(C)C)o1.I. The zero-order valence-electron chi connectivity index (χ0n) is 17.2. The van der Waals surface area contributed by atoms with Gasteiger partial charge in [0.25, 0.3) is 0 Å². The zero-order chi connectivity index (χ0) is 20.1. The van der Waals surface area contributed by atoms with E-state index in [1.54, 1.807) is 6.20 Å². The number of hydrogen-bond acceptors (Lipinski definition) is 5. The highest BCUT2D eigenvalue weighted by atomic mass is 127. The number of hydrogen-bond donors (Lipinski definition) is 2. The van der Waals surface area contributed by atoms with Gasteiger partial charge in [0.2, 0.25) is 5.89 Å². The standard InChI is InChI=1S/C20H27ClN4O3.HI/c1-5-22-19(25-12-17-23-11-16(28-17)20(2,3)4)24-10-13-8-14(21)18-15(9-13)26-6-7-27-18;/h8-9,11H,5-7,10,12H2,1-4H3,(H2,22,24,25);1H. The average molecular weight is 535 g/mol. The molecule has 0 aliphatic carbocycles. The van der Waals surface area contributed by atoms with Crippen molar-refractivity contribution in [2.24, 2.45) is 4.99 Å². The number of guanidine groups is 1. The van der Waals surface area contributed by atoms with Gasteiger partial charge in [-0.1, -0.05) is 32.4 Å². The third-order valence-electron chi connectivity index (χ3n) is 4.12. The Morgan fingerprint density at radius 3 is 2.66 bits per heavy atom. The van der Waals surface area contributed by atoms with Crippen LogP contribution in [0.1, 0.15) is 44.9 Å². The zero-order valence-corrected chi connectivity index (χ0v) is 20.3. The molecule has 2 aromatic rings. The van der Waals surface area contributed by atoms with Gasteiger partial charge < -0.3 is 24.5 Å². The van der Waals surface area contributed by atoms with Gasteiger partial charge in [-0.3, -0.25) is 0 Å². The van der Waals surface area contributed by atoms with E-state index in [9.17, 15) is 0 Å². The smallest absolute Gasteiger partial charge is 0.213 e. The summed E-state index contributed by atoms with van der Waals surface area (Å²) in [6.45, 7) is 11.0. The molecule has 0 atom stereocenters. The first-order valence-electron chi connectivity index (χ1n) is 9.42. The fourth-order valence-electron chi connectivity index (χ4n) is 2.67. The lowest BCUT2D eigenvalue weighted by Gasteiger charge is -2.20. The fourth-order valence-corrected chi connectivity index (χ4v) is 2.95. The van der Waals surface area contributed by atoms with Crippen LogP contribution in [0.2, 0.25) is 5.02 Å². The van der Waals surface area contributed by atoms with Gasteiger partial charge in [-0.05, 0) is 24.6 Å². The molecule has 9 heteroatoms. The lowest BCUT2D eigenvalue weighted by atomic mass is 9.94. The Kier molecular flexibility index (Phi) is 8.45. The first-order valence-corrected chi connectivity index (χ1v) is 9.80. The number of oxazole rings is 1. The summed E-state index contributed by atoms with van der Waals surface area (Å²) in [5.41, 5.74) is 0.874. The number of nitrogens with one attached hydrogen (secondary N) is 2. The Morgan fingerprint density at radius 2 is 1.97 bits per heavy atom. The molecule has 1 aromatic carbocycles. The van der Waals surface area contributed by atoms with Crippen LogP contribution in [0.15, 0.2) is 27.7 Å². The molecule has 0 unspecified atom stereocenters. The first kappa shape index (κ1) is 23.6.